The molecule has 6 heteroatoms. The van der Waals surface area contributed by atoms with E-state index in [1.54, 1.807) is 83.1 Å². The van der Waals surface area contributed by atoms with Gasteiger partial charge >= 0.3 is 0 Å². The summed E-state index contributed by atoms with van der Waals surface area (Å²) in [6, 6.07) is -20.6. The first-order valence-corrected chi connectivity index (χ1v) is 25.5. The Hall–Kier alpha value is -7.96. The molecule has 5 nitrogen and oxygen atoms in total. The number of hydrogen-bond acceptors (Lipinski definition) is 4. The lowest BCUT2D eigenvalue weighted by Gasteiger charge is -2.46. The number of aromatic nitrogens is 1. The number of benzene rings is 9. The van der Waals surface area contributed by atoms with E-state index < -0.39 is 247 Å². The number of nitrogens with zero attached hydrogens (tertiary/aromatic N) is 4. The standard InChI is InChI=1S/C71H67BN4O/c1-42-35-60-65-61(36-42)76-62-39-46(71(11,12)13)38-54-53-37-45(70(8,9)10)25-34-57(53)75(66(54)62)58-19-16-18-56(67(58)76)72(65)55-33-31-49(40-59(55)74(60)50-30-32-52-51-17-14-15-20-63(51)77-64(52)41-50)73(47-26-21-43(22-27-47)68(2,3)4)48-28-23-44(24-29-48)69(5,6)7/h14-41H,1-13H3/i14D,15D,16D,17D,18D,19D,20D,21D,22D,23D,24D,25D,26D,27D,28D,29D,30D,31D,32D,33D,34D,35D,36D,37D,38D,39D,40D,41D. The van der Waals surface area contributed by atoms with Crippen molar-refractivity contribution < 1.29 is 42.8 Å². The summed E-state index contributed by atoms with van der Waals surface area (Å²) < 4.78 is 286. The summed E-state index contributed by atoms with van der Waals surface area (Å²) in [6.07, 6.45) is 0. The molecule has 3 aliphatic rings. The maximum atomic E-state index is 11.2. The molecule has 0 fully saturated rings. The van der Waals surface area contributed by atoms with Crippen LogP contribution in [0.25, 0.3) is 49.4 Å². The monoisotopic (exact) mass is 1030 g/mol. The van der Waals surface area contributed by atoms with E-state index >= 15 is 0 Å². The average molecular weight is 1030 g/mol. The Morgan fingerprint density at radius 3 is 1.69 bits per heavy atom. The molecule has 0 amide bonds. The van der Waals surface area contributed by atoms with Crippen LogP contribution in [0.15, 0.2) is 174 Å². The number of fused-ring (bicyclic) bond motifs is 12. The predicted molar refractivity (Wildman–Crippen MR) is 330 cm³/mol. The Morgan fingerprint density at radius 2 is 1.03 bits per heavy atom. The van der Waals surface area contributed by atoms with Gasteiger partial charge in [0.25, 0.3) is 6.71 Å². The van der Waals surface area contributed by atoms with Crippen molar-refractivity contribution in [2.45, 2.75) is 112 Å². The molecule has 9 aromatic carbocycles. The summed E-state index contributed by atoms with van der Waals surface area (Å²) in [6.45, 7) is 19.6. The number of furan rings is 1. The summed E-state index contributed by atoms with van der Waals surface area (Å²) in [5.41, 5.74) is -13.5. The van der Waals surface area contributed by atoms with E-state index in [1.165, 1.54) is 16.4 Å². The van der Waals surface area contributed by atoms with Gasteiger partial charge in [0.2, 0.25) is 0 Å². The molecule has 0 bridgehead atoms. The number of para-hydroxylation sites is 2. The molecule has 3 aliphatic heterocycles. The van der Waals surface area contributed by atoms with Crippen molar-refractivity contribution in [2.24, 2.45) is 0 Å². The molecule has 14 rings (SSSR count). The van der Waals surface area contributed by atoms with E-state index in [2.05, 4.69) is 0 Å². The minimum atomic E-state index is -1.97. The van der Waals surface area contributed by atoms with E-state index in [1.807, 2.05) is 0 Å². The van der Waals surface area contributed by atoms with Gasteiger partial charge in [0.1, 0.15) is 11.2 Å². The molecule has 0 unspecified atom stereocenters. The van der Waals surface area contributed by atoms with Gasteiger partial charge < -0.3 is 23.7 Å². The highest BCUT2D eigenvalue weighted by Crippen LogP contribution is 2.54. The Kier molecular flexibility index (Phi) is 5.50. The summed E-state index contributed by atoms with van der Waals surface area (Å²) >= 11 is 0. The third kappa shape index (κ3) is 7.13. The predicted octanol–water partition coefficient (Wildman–Crippen LogP) is 18.0. The van der Waals surface area contributed by atoms with Gasteiger partial charge in [-0.15, -0.1) is 0 Å². The van der Waals surface area contributed by atoms with Gasteiger partial charge in [-0.05, 0) is 169 Å². The van der Waals surface area contributed by atoms with E-state index in [-0.39, 0.29) is 95.4 Å². The fraction of sp³-hybridized carbons (Fsp3) is 0.239. The molecular weight excluding hydrogens is 936 g/mol. The quantitative estimate of drug-likeness (QED) is 0.164. The van der Waals surface area contributed by atoms with Gasteiger partial charge in [-0.1, -0.05) is 150 Å². The Bertz CT molecular complexity index is 5850. The molecule has 0 aliphatic carbocycles. The summed E-state index contributed by atoms with van der Waals surface area (Å²) in [4.78, 5) is 2.92. The Labute approximate surface area is 493 Å². The molecule has 0 radical (unpaired) electrons. The van der Waals surface area contributed by atoms with Gasteiger partial charge in [0.15, 0.2) is 0 Å². The maximum Gasteiger partial charge on any atom is 0.252 e. The highest BCUT2D eigenvalue weighted by Gasteiger charge is 2.47. The minimum absolute atomic E-state index is 0.0318. The molecular formula is C71H67BN4O. The second kappa shape index (κ2) is 16.1. The molecule has 0 N–H and O–H groups in total. The summed E-state index contributed by atoms with van der Waals surface area (Å²) in [5.74, 6) is 0. The largest absolute Gasteiger partial charge is 0.456 e. The summed E-state index contributed by atoms with van der Waals surface area (Å²) in [5, 5.41) is -0.952. The van der Waals surface area contributed by atoms with Crippen LogP contribution >= 0.6 is 0 Å². The topological polar surface area (TPSA) is 27.8 Å². The van der Waals surface area contributed by atoms with Gasteiger partial charge in [-0.2, -0.15) is 0 Å². The molecule has 2 aromatic heterocycles. The third-order valence-electron chi connectivity index (χ3n) is 14.4. The highest BCUT2D eigenvalue weighted by atomic mass is 16.3. The van der Waals surface area contributed by atoms with Gasteiger partial charge in [-0.25, -0.2) is 0 Å². The molecule has 380 valence electrons. The molecule has 0 atom stereocenters. The van der Waals surface area contributed by atoms with Crippen molar-refractivity contribution in [3.8, 4) is 5.69 Å². The Balaban J connectivity index is 1.27. The maximum absolute atomic E-state index is 11.2. The van der Waals surface area contributed by atoms with E-state index in [9.17, 15) is 32.9 Å². The zero-order valence-corrected chi connectivity index (χ0v) is 44.8. The SMILES string of the molecule is [2H]c1c([2H])c2c3c(c1[2H])-n1c4c([2H])c([2H])c(C(C)(C)C)c([2H])c4c4c([2H])c(C(C)(C)C)c([2H])c(c41)N3c1c([2H])c(C)c([2H])c3c1B2c1c([2H])c([2H])c(N(c2c([2H])c([2H])c(C(C)(C)C)c([2H])c2[2H])c2c([2H])c([2H])c(C(C)(C)C)c([2H])c2[2H])c([2H])c1N3c1c([2H])c([2H])c2c(oc3c([2H])c([2H])c([2H])c([2H])c32)c1[2H]. The normalized spacial score (nSPS) is 19.1. The molecule has 5 heterocycles. The van der Waals surface area contributed by atoms with Gasteiger partial charge in [0.05, 0.1) is 66.5 Å². The number of anilines is 9. The number of hydrogen-bond donors (Lipinski definition) is 0. The van der Waals surface area contributed by atoms with Crippen LogP contribution in [-0.4, -0.2) is 11.3 Å². The zero-order chi connectivity index (χ0) is 77.8. The molecule has 0 spiro atoms. The highest BCUT2D eigenvalue weighted by molar-refractivity contribution is 7.00. The van der Waals surface area contributed by atoms with Crippen LogP contribution in [0.3, 0.4) is 0 Å². The molecule has 0 saturated carbocycles. The van der Waals surface area contributed by atoms with Gasteiger partial charge in [0, 0.05) is 67.4 Å². The van der Waals surface area contributed by atoms with Crippen LogP contribution in [0.4, 0.5) is 51.2 Å². The van der Waals surface area contributed by atoms with Crippen LogP contribution in [0, 0.1) is 6.92 Å². The van der Waals surface area contributed by atoms with E-state index in [0.29, 0.717) is 4.90 Å². The van der Waals surface area contributed by atoms with Crippen LogP contribution in [-0.2, 0) is 21.7 Å². The van der Waals surface area contributed by atoms with E-state index in [4.69, 9.17) is 9.90 Å². The third-order valence-corrected chi connectivity index (χ3v) is 14.4. The van der Waals surface area contributed by atoms with Crippen molar-refractivity contribution >= 4 is 118 Å². The second-order valence-electron chi connectivity index (χ2n) is 24.1. The van der Waals surface area contributed by atoms with Crippen molar-refractivity contribution in [2.75, 3.05) is 14.7 Å². The zero-order valence-electron chi connectivity index (χ0n) is 72.8. The van der Waals surface area contributed by atoms with Crippen molar-refractivity contribution in [3.63, 3.8) is 0 Å². The first kappa shape index (κ1) is 26.4. The lowest BCUT2D eigenvalue weighted by atomic mass is 9.33. The first-order valence-electron chi connectivity index (χ1n) is 39.5. The van der Waals surface area contributed by atoms with E-state index in [0.717, 1.165) is 4.90 Å². The number of rotatable bonds is 4. The lowest BCUT2D eigenvalue weighted by molar-refractivity contribution is 0.590. The lowest BCUT2D eigenvalue weighted by Crippen LogP contribution is -2.61. The second-order valence-corrected chi connectivity index (χ2v) is 24.1. The van der Waals surface area contributed by atoms with Crippen molar-refractivity contribution in [3.05, 3.63) is 197 Å². The molecule has 11 aromatic rings. The fourth-order valence-electron chi connectivity index (χ4n) is 10.5. The van der Waals surface area contributed by atoms with Crippen molar-refractivity contribution in [1.29, 1.82) is 0 Å². The van der Waals surface area contributed by atoms with Crippen LogP contribution in [0.1, 0.15) is 149 Å². The fourth-order valence-corrected chi connectivity index (χ4v) is 10.5. The van der Waals surface area contributed by atoms with Crippen LogP contribution < -0.4 is 31.1 Å². The van der Waals surface area contributed by atoms with Gasteiger partial charge in [-0.3, -0.25) is 0 Å². The first-order chi connectivity index (χ1) is 48.4. The summed E-state index contributed by atoms with van der Waals surface area (Å²) in [7, 11) is 0. The molecule has 0 saturated heterocycles. The molecule has 77 heavy (non-hydrogen) atoms. The average Bonchev–Trinajstić information content (AvgIpc) is 1.65. The van der Waals surface area contributed by atoms with Crippen LogP contribution in [0.5, 0.6) is 0 Å². The Morgan fingerprint density at radius 1 is 0.429 bits per heavy atom. The van der Waals surface area contributed by atoms with Crippen LogP contribution in [0.2, 0.25) is 0 Å². The smallest absolute Gasteiger partial charge is 0.252 e. The van der Waals surface area contributed by atoms with Crippen molar-refractivity contribution in [1.82, 2.24) is 4.57 Å². The minimum Gasteiger partial charge on any atom is -0.456 e.